The summed E-state index contributed by atoms with van der Waals surface area (Å²) >= 11 is 0. The summed E-state index contributed by atoms with van der Waals surface area (Å²) in [5, 5.41) is 0. The number of carbonyl (C=O) groups is 3. The van der Waals surface area contributed by atoms with Crippen molar-refractivity contribution in [3.63, 3.8) is 0 Å². The molecule has 0 N–H and O–H groups in total. The summed E-state index contributed by atoms with van der Waals surface area (Å²) in [5.41, 5.74) is 0. The van der Waals surface area contributed by atoms with E-state index in [1.54, 1.807) is 6.08 Å². The molecule has 65 heavy (non-hydrogen) atoms. The third kappa shape index (κ3) is 50.4. The summed E-state index contributed by atoms with van der Waals surface area (Å²) in [7, 11) is 0. The third-order valence-electron chi connectivity index (χ3n) is 10.2. The van der Waals surface area contributed by atoms with Crippen LogP contribution in [-0.4, -0.2) is 37.2 Å². The Hall–Kier alpha value is -4.45. The molecule has 6 nitrogen and oxygen atoms in total. The van der Waals surface area contributed by atoms with Gasteiger partial charge in [-0.05, 0) is 96.3 Å². The highest BCUT2D eigenvalue weighted by Gasteiger charge is 2.19. The molecule has 1 atom stereocenters. The minimum Gasteiger partial charge on any atom is -0.462 e. The van der Waals surface area contributed by atoms with E-state index in [1.807, 2.05) is 6.08 Å². The van der Waals surface area contributed by atoms with Crippen molar-refractivity contribution in [1.29, 1.82) is 0 Å². The summed E-state index contributed by atoms with van der Waals surface area (Å²) in [6, 6.07) is 0. The van der Waals surface area contributed by atoms with Gasteiger partial charge in [-0.1, -0.05) is 219 Å². The Balaban J connectivity index is 4.57. The highest BCUT2D eigenvalue weighted by molar-refractivity contribution is 5.72. The molecule has 0 saturated heterocycles. The van der Waals surface area contributed by atoms with Crippen LogP contribution in [-0.2, 0) is 28.6 Å². The lowest BCUT2D eigenvalue weighted by Gasteiger charge is -2.18. The highest BCUT2D eigenvalue weighted by atomic mass is 16.6. The molecule has 0 aliphatic heterocycles. The van der Waals surface area contributed by atoms with Crippen LogP contribution < -0.4 is 0 Å². The van der Waals surface area contributed by atoms with Gasteiger partial charge >= 0.3 is 17.9 Å². The van der Waals surface area contributed by atoms with Crippen molar-refractivity contribution in [3.05, 3.63) is 134 Å². The van der Waals surface area contributed by atoms with Crippen LogP contribution in [0.5, 0.6) is 0 Å². The van der Waals surface area contributed by atoms with E-state index in [1.165, 1.54) is 51.4 Å². The molecule has 0 spiro atoms. The number of hydrogen-bond acceptors (Lipinski definition) is 6. The van der Waals surface area contributed by atoms with Crippen LogP contribution in [0.4, 0.5) is 0 Å². The molecule has 0 saturated carbocycles. The molecule has 6 heteroatoms. The predicted molar refractivity (Wildman–Crippen MR) is 279 cm³/mol. The normalized spacial score (nSPS) is 13.2. The molecular weight excluding hydrogens is 805 g/mol. The first-order valence-electron chi connectivity index (χ1n) is 25.7. The van der Waals surface area contributed by atoms with Crippen LogP contribution >= 0.6 is 0 Å². The summed E-state index contributed by atoms with van der Waals surface area (Å²) in [4.78, 5) is 37.9. The van der Waals surface area contributed by atoms with E-state index >= 15 is 0 Å². The van der Waals surface area contributed by atoms with E-state index in [4.69, 9.17) is 14.2 Å². The zero-order valence-electron chi connectivity index (χ0n) is 41.4. The first-order valence-corrected chi connectivity index (χ1v) is 25.7. The van der Waals surface area contributed by atoms with E-state index in [-0.39, 0.29) is 38.0 Å². The zero-order chi connectivity index (χ0) is 47.2. The molecular formula is C59H92O6. The van der Waals surface area contributed by atoms with Crippen LogP contribution in [0.1, 0.15) is 201 Å². The maximum absolute atomic E-state index is 12.7. The van der Waals surface area contributed by atoms with Crippen LogP contribution in [0.25, 0.3) is 0 Å². The lowest BCUT2D eigenvalue weighted by molar-refractivity contribution is -0.166. The average Bonchev–Trinajstić information content (AvgIpc) is 3.30. The predicted octanol–water partition coefficient (Wildman–Crippen LogP) is 17.1. The van der Waals surface area contributed by atoms with Crippen molar-refractivity contribution >= 4 is 17.9 Å². The number of ether oxygens (including phenoxy) is 3. The monoisotopic (exact) mass is 897 g/mol. The van der Waals surface area contributed by atoms with Gasteiger partial charge in [-0.25, -0.2) is 0 Å². The second-order valence-electron chi connectivity index (χ2n) is 16.3. The van der Waals surface area contributed by atoms with Crippen molar-refractivity contribution in [3.8, 4) is 0 Å². The van der Waals surface area contributed by atoms with Gasteiger partial charge in [-0.15, -0.1) is 0 Å². The molecule has 0 radical (unpaired) electrons. The van der Waals surface area contributed by atoms with Crippen molar-refractivity contribution in [2.24, 2.45) is 0 Å². The molecule has 0 aliphatic rings. The topological polar surface area (TPSA) is 78.9 Å². The highest BCUT2D eigenvalue weighted by Crippen LogP contribution is 2.13. The van der Waals surface area contributed by atoms with Gasteiger partial charge in [-0.2, -0.15) is 0 Å². The fourth-order valence-electron chi connectivity index (χ4n) is 6.40. The van der Waals surface area contributed by atoms with Gasteiger partial charge in [0.2, 0.25) is 0 Å². The van der Waals surface area contributed by atoms with Crippen LogP contribution in [0, 0.1) is 0 Å². The van der Waals surface area contributed by atoms with E-state index < -0.39 is 12.1 Å². The molecule has 364 valence electrons. The molecule has 0 rings (SSSR count). The Morgan fingerprint density at radius 1 is 0.338 bits per heavy atom. The van der Waals surface area contributed by atoms with E-state index in [2.05, 4.69) is 142 Å². The first kappa shape index (κ1) is 60.5. The Kier molecular flexibility index (Phi) is 48.6. The molecule has 0 heterocycles. The number of unbranched alkanes of at least 4 members (excludes halogenated alkanes) is 12. The molecule has 0 aliphatic carbocycles. The Morgan fingerprint density at radius 2 is 0.646 bits per heavy atom. The second-order valence-corrected chi connectivity index (χ2v) is 16.3. The first-order chi connectivity index (χ1) is 32.0. The number of rotatable bonds is 44. The lowest BCUT2D eigenvalue weighted by atomic mass is 10.1. The largest absolute Gasteiger partial charge is 0.462 e. The molecule has 0 aromatic carbocycles. The van der Waals surface area contributed by atoms with Crippen LogP contribution in [0.2, 0.25) is 0 Å². The van der Waals surface area contributed by atoms with Crippen molar-refractivity contribution in [2.45, 2.75) is 207 Å². The average molecular weight is 897 g/mol. The number of esters is 3. The molecule has 1 unspecified atom stereocenters. The van der Waals surface area contributed by atoms with Gasteiger partial charge in [0.15, 0.2) is 6.10 Å². The minimum absolute atomic E-state index is 0.0826. The van der Waals surface area contributed by atoms with Crippen LogP contribution in [0.3, 0.4) is 0 Å². The zero-order valence-corrected chi connectivity index (χ0v) is 41.4. The van der Waals surface area contributed by atoms with Gasteiger partial charge < -0.3 is 14.2 Å². The summed E-state index contributed by atoms with van der Waals surface area (Å²) in [6.07, 6.45) is 73.2. The molecule has 0 fully saturated rings. The van der Waals surface area contributed by atoms with Gasteiger partial charge in [-0.3, -0.25) is 14.4 Å². The maximum Gasteiger partial charge on any atom is 0.310 e. The van der Waals surface area contributed by atoms with Gasteiger partial charge in [0.05, 0.1) is 6.42 Å². The van der Waals surface area contributed by atoms with Gasteiger partial charge in [0.1, 0.15) is 13.2 Å². The minimum atomic E-state index is -0.852. The standard InChI is InChI=1S/C59H92O6/c1-4-7-10-13-16-19-22-24-26-27-28-29-30-31-33-34-37-40-43-46-49-52-58(61)64-55-56(54-63-57(60)51-48-45-42-39-36-21-18-15-12-9-6-3)65-59(62)53-50-47-44-41-38-35-32-25-23-20-17-14-11-8-5-2/h7-8,10-11,16-17,19-20,24-26,28-29,31-33,37-38,40-41,47,50,56H,4-6,9,12-15,18,21-23,27,30,34-36,39,42-46,48-49,51-55H2,1-3H3/b10-7-,11-8-,19-16-,20-17-,26-24-,29-28-,32-25-,33-31-,40-37-,41-38-,50-47-. The molecule has 0 amide bonds. The second kappa shape index (κ2) is 52.2. The Labute approximate surface area is 398 Å². The van der Waals surface area contributed by atoms with Gasteiger partial charge in [0, 0.05) is 12.8 Å². The Bertz CT molecular complexity index is 1450. The number of hydrogen-bond donors (Lipinski definition) is 0. The summed E-state index contributed by atoms with van der Waals surface area (Å²) < 4.78 is 16.6. The number of carbonyl (C=O) groups excluding carboxylic acids is 3. The Morgan fingerprint density at radius 3 is 1.02 bits per heavy atom. The molecule has 0 aromatic rings. The fourth-order valence-corrected chi connectivity index (χ4v) is 6.40. The SMILES string of the molecule is CC/C=C\C/C=C\C/C=C\C/C=C\C/C=C\C/C=C\CCCCC(=O)OCC(COC(=O)CCCCCCCCCCCCC)OC(=O)C/C=C\C/C=C\C/C=C\C/C=C\C/C=C\CC. The quantitative estimate of drug-likeness (QED) is 0.0262. The number of allylic oxidation sites excluding steroid dienone is 21. The molecule has 0 bridgehead atoms. The molecule has 0 aromatic heterocycles. The van der Waals surface area contributed by atoms with Gasteiger partial charge in [0.25, 0.3) is 0 Å². The summed E-state index contributed by atoms with van der Waals surface area (Å²) in [5.74, 6) is -1.12. The van der Waals surface area contributed by atoms with E-state index in [0.717, 1.165) is 96.3 Å². The van der Waals surface area contributed by atoms with Crippen molar-refractivity contribution in [1.82, 2.24) is 0 Å². The lowest BCUT2D eigenvalue weighted by Crippen LogP contribution is -2.30. The van der Waals surface area contributed by atoms with E-state index in [9.17, 15) is 14.4 Å². The summed E-state index contributed by atoms with van der Waals surface area (Å²) in [6.45, 7) is 6.26. The van der Waals surface area contributed by atoms with E-state index in [0.29, 0.717) is 19.3 Å². The smallest absolute Gasteiger partial charge is 0.310 e. The maximum atomic E-state index is 12.7. The van der Waals surface area contributed by atoms with Crippen molar-refractivity contribution in [2.75, 3.05) is 13.2 Å². The van der Waals surface area contributed by atoms with Crippen molar-refractivity contribution < 1.29 is 28.6 Å². The third-order valence-corrected chi connectivity index (χ3v) is 10.2. The van der Waals surface area contributed by atoms with Crippen LogP contribution in [0.15, 0.2) is 134 Å². The fraction of sp³-hybridized carbons (Fsp3) is 0.576.